The van der Waals surface area contributed by atoms with Crippen LogP contribution >= 0.6 is 11.6 Å². The second-order valence-corrected chi connectivity index (χ2v) is 6.30. The predicted octanol–water partition coefficient (Wildman–Crippen LogP) is 2.65. The number of nitrogens with zero attached hydrogens (tertiary/aromatic N) is 1. The van der Waals surface area contributed by atoms with Crippen molar-refractivity contribution in [2.24, 2.45) is 0 Å². The lowest BCUT2D eigenvalue weighted by atomic mass is 10.1. The number of carbonyl (C=O) groups is 4. The molecule has 3 rings (SSSR count). The van der Waals surface area contributed by atoms with E-state index in [1.807, 2.05) is 0 Å². The maximum Gasteiger partial charge on any atom is 0.308 e. The molecule has 0 unspecified atom stereocenters. The van der Waals surface area contributed by atoms with Gasteiger partial charge in [-0.2, -0.15) is 0 Å². The number of amides is 3. The Morgan fingerprint density at radius 2 is 1.71 bits per heavy atom. The van der Waals surface area contributed by atoms with Gasteiger partial charge in [-0.05, 0) is 30.3 Å². The molecule has 1 heterocycles. The van der Waals surface area contributed by atoms with Crippen LogP contribution in [0.1, 0.15) is 27.1 Å². The van der Waals surface area contributed by atoms with Crippen LogP contribution in [-0.2, 0) is 14.3 Å². The number of ether oxygens (including phenoxy) is 1. The first kappa shape index (κ1) is 19.5. The summed E-state index contributed by atoms with van der Waals surface area (Å²) in [4.78, 5) is 49.0. The summed E-state index contributed by atoms with van der Waals surface area (Å²) in [5.41, 5.74) is 0.753. The van der Waals surface area contributed by atoms with Crippen LogP contribution in [0.5, 0.6) is 0 Å². The van der Waals surface area contributed by atoms with E-state index in [1.54, 1.807) is 24.3 Å². The summed E-state index contributed by atoms with van der Waals surface area (Å²) in [5.74, 6) is -2.92. The number of carbonyl (C=O) groups excluding carboxylic acids is 4. The molecule has 0 aromatic heterocycles. The van der Waals surface area contributed by atoms with Gasteiger partial charge >= 0.3 is 5.97 Å². The molecule has 0 saturated heterocycles. The highest BCUT2D eigenvalue weighted by Gasteiger charge is 2.35. The first-order chi connectivity index (χ1) is 13.4. The Morgan fingerprint density at radius 3 is 2.32 bits per heavy atom. The third-order valence-corrected chi connectivity index (χ3v) is 4.30. The van der Waals surface area contributed by atoms with E-state index in [9.17, 15) is 23.6 Å². The van der Waals surface area contributed by atoms with Crippen LogP contribution in [0.4, 0.5) is 10.1 Å². The molecule has 0 fully saturated rings. The number of hydrogen-bond acceptors (Lipinski definition) is 5. The zero-order chi connectivity index (χ0) is 20.3. The first-order valence-corrected chi connectivity index (χ1v) is 8.60. The maximum atomic E-state index is 13.0. The minimum Gasteiger partial charge on any atom is -0.456 e. The Hall–Kier alpha value is -3.26. The minimum atomic E-state index is -0.753. The highest BCUT2D eigenvalue weighted by molar-refractivity contribution is 6.33. The summed E-state index contributed by atoms with van der Waals surface area (Å²) >= 11 is 5.79. The van der Waals surface area contributed by atoms with Gasteiger partial charge in [0.05, 0.1) is 28.3 Å². The molecule has 1 aliphatic rings. The van der Waals surface area contributed by atoms with E-state index in [4.69, 9.17) is 16.3 Å². The normalized spacial score (nSPS) is 12.7. The molecule has 0 bridgehead atoms. The first-order valence-electron chi connectivity index (χ1n) is 8.22. The minimum absolute atomic E-state index is 0.00491. The second kappa shape index (κ2) is 8.18. The molecule has 2 aromatic rings. The van der Waals surface area contributed by atoms with Gasteiger partial charge in [0.25, 0.3) is 17.7 Å². The third-order valence-electron chi connectivity index (χ3n) is 3.99. The Bertz CT molecular complexity index is 944. The van der Waals surface area contributed by atoms with Crippen LogP contribution < -0.4 is 5.32 Å². The Kier molecular flexibility index (Phi) is 5.70. The molecule has 1 N–H and O–H groups in total. The molecule has 9 heteroatoms. The Morgan fingerprint density at radius 1 is 1.07 bits per heavy atom. The van der Waals surface area contributed by atoms with E-state index < -0.39 is 36.1 Å². The number of halogens is 2. The van der Waals surface area contributed by atoms with Crippen molar-refractivity contribution in [3.63, 3.8) is 0 Å². The number of nitrogens with one attached hydrogen (secondary N) is 1. The summed E-state index contributed by atoms with van der Waals surface area (Å²) < 4.78 is 17.8. The number of hydrogen-bond donors (Lipinski definition) is 1. The van der Waals surface area contributed by atoms with Gasteiger partial charge in [-0.3, -0.25) is 24.1 Å². The van der Waals surface area contributed by atoms with Gasteiger partial charge in [-0.25, -0.2) is 4.39 Å². The van der Waals surface area contributed by atoms with Gasteiger partial charge in [-0.1, -0.05) is 23.7 Å². The zero-order valence-corrected chi connectivity index (χ0v) is 15.2. The molecule has 0 saturated carbocycles. The molecular formula is C19H14ClFN2O5. The maximum absolute atomic E-state index is 13.0. The van der Waals surface area contributed by atoms with Crippen molar-refractivity contribution in [1.82, 2.24) is 4.90 Å². The summed E-state index contributed by atoms with van der Waals surface area (Å²) in [6, 6.07) is 9.81. The molecule has 3 amide bonds. The molecule has 7 nitrogen and oxygen atoms in total. The molecule has 28 heavy (non-hydrogen) atoms. The van der Waals surface area contributed by atoms with Crippen LogP contribution in [-0.4, -0.2) is 41.7 Å². The number of anilines is 1. The van der Waals surface area contributed by atoms with E-state index in [0.29, 0.717) is 0 Å². The van der Waals surface area contributed by atoms with Crippen LogP contribution in [0.3, 0.4) is 0 Å². The van der Waals surface area contributed by atoms with Crippen molar-refractivity contribution in [3.8, 4) is 0 Å². The largest absolute Gasteiger partial charge is 0.456 e. The molecule has 2 aromatic carbocycles. The van der Waals surface area contributed by atoms with Gasteiger partial charge in [0.1, 0.15) is 5.82 Å². The zero-order valence-electron chi connectivity index (χ0n) is 14.4. The van der Waals surface area contributed by atoms with Crippen molar-refractivity contribution in [2.75, 3.05) is 18.5 Å². The quantitative estimate of drug-likeness (QED) is 0.590. The Labute approximate surface area is 164 Å². The molecule has 0 radical (unpaired) electrons. The fraction of sp³-hybridized carbons (Fsp3) is 0.158. The van der Waals surface area contributed by atoms with E-state index in [-0.39, 0.29) is 34.8 Å². The topological polar surface area (TPSA) is 92.8 Å². The summed E-state index contributed by atoms with van der Waals surface area (Å²) in [6.45, 7) is -0.745. The SMILES string of the molecule is O=C(COC(=O)CCN1C(=O)c2ccccc2C1=O)Nc1ccc(F)cc1Cl. The van der Waals surface area contributed by atoms with Crippen molar-refractivity contribution in [2.45, 2.75) is 6.42 Å². The van der Waals surface area contributed by atoms with Crippen molar-refractivity contribution >= 4 is 41.0 Å². The van der Waals surface area contributed by atoms with Gasteiger partial charge in [-0.15, -0.1) is 0 Å². The monoisotopic (exact) mass is 404 g/mol. The Balaban J connectivity index is 1.47. The molecule has 144 valence electrons. The van der Waals surface area contributed by atoms with Crippen LogP contribution in [0.15, 0.2) is 42.5 Å². The summed E-state index contributed by atoms with van der Waals surface area (Å²) in [5, 5.41) is 2.39. The van der Waals surface area contributed by atoms with Crippen LogP contribution in [0.25, 0.3) is 0 Å². The molecular weight excluding hydrogens is 391 g/mol. The number of rotatable bonds is 6. The molecule has 1 aliphatic heterocycles. The smallest absolute Gasteiger partial charge is 0.308 e. The van der Waals surface area contributed by atoms with Crippen molar-refractivity contribution in [1.29, 1.82) is 0 Å². The van der Waals surface area contributed by atoms with Crippen LogP contribution in [0.2, 0.25) is 5.02 Å². The fourth-order valence-corrected chi connectivity index (χ4v) is 2.86. The van der Waals surface area contributed by atoms with Gasteiger partial charge in [0.2, 0.25) is 0 Å². The molecule has 0 spiro atoms. The highest BCUT2D eigenvalue weighted by Crippen LogP contribution is 2.23. The van der Waals surface area contributed by atoms with E-state index in [2.05, 4.69) is 5.32 Å². The second-order valence-electron chi connectivity index (χ2n) is 5.89. The van der Waals surface area contributed by atoms with Gasteiger partial charge < -0.3 is 10.1 Å². The summed E-state index contributed by atoms with van der Waals surface area (Å²) in [6.07, 6.45) is -0.254. The van der Waals surface area contributed by atoms with Gasteiger partial charge in [0.15, 0.2) is 6.61 Å². The average Bonchev–Trinajstić information content (AvgIpc) is 2.91. The van der Waals surface area contributed by atoms with Crippen molar-refractivity contribution in [3.05, 3.63) is 64.4 Å². The van der Waals surface area contributed by atoms with Crippen LogP contribution in [0, 0.1) is 5.82 Å². The number of esters is 1. The standard InChI is InChI=1S/C19H14ClFN2O5/c20-14-9-11(21)5-6-15(14)22-16(24)10-28-17(25)7-8-23-18(26)12-3-1-2-4-13(12)19(23)27/h1-6,9H,7-8,10H2,(H,22,24). The lowest BCUT2D eigenvalue weighted by molar-refractivity contribution is -0.147. The average molecular weight is 405 g/mol. The van der Waals surface area contributed by atoms with E-state index in [0.717, 1.165) is 17.0 Å². The number of imide groups is 1. The molecule has 0 aliphatic carbocycles. The third kappa shape index (κ3) is 4.17. The summed E-state index contributed by atoms with van der Waals surface area (Å²) in [7, 11) is 0. The highest BCUT2D eigenvalue weighted by atomic mass is 35.5. The lowest BCUT2D eigenvalue weighted by Gasteiger charge is -2.13. The predicted molar refractivity (Wildman–Crippen MR) is 97.4 cm³/mol. The van der Waals surface area contributed by atoms with Crippen molar-refractivity contribution < 1.29 is 28.3 Å². The van der Waals surface area contributed by atoms with Gasteiger partial charge in [0, 0.05) is 6.54 Å². The number of fused-ring (bicyclic) bond motifs is 1. The number of benzene rings is 2. The van der Waals surface area contributed by atoms with E-state index in [1.165, 1.54) is 6.07 Å². The fourth-order valence-electron chi connectivity index (χ4n) is 2.64. The van der Waals surface area contributed by atoms with E-state index >= 15 is 0 Å². The lowest BCUT2D eigenvalue weighted by Crippen LogP contribution is -2.32. The molecule has 0 atom stereocenters.